The average Bonchev–Trinajstić information content (AvgIpc) is 3.76. The van der Waals surface area contributed by atoms with Gasteiger partial charge in [0.2, 0.25) is 0 Å². The lowest BCUT2D eigenvalue weighted by Crippen LogP contribution is -2.08. The Morgan fingerprint density at radius 1 is 0.408 bits per heavy atom. The number of aromatic nitrogens is 2. The van der Waals surface area contributed by atoms with Crippen LogP contribution in [0.1, 0.15) is 13.8 Å². The molecule has 0 saturated heterocycles. The highest BCUT2D eigenvalue weighted by Crippen LogP contribution is 2.41. The fraction of sp³-hybridized carbons (Fsp3) is 0.182. The van der Waals surface area contributed by atoms with Crippen LogP contribution < -0.4 is 9.80 Å². The summed E-state index contributed by atoms with van der Waals surface area (Å²) in [6.07, 6.45) is 0. The molecule has 0 spiro atoms. The van der Waals surface area contributed by atoms with E-state index in [-0.39, 0.29) is 0 Å². The molecule has 0 aliphatic rings. The average molecular weight is 657 g/mol. The molecule has 0 atom stereocenters. The lowest BCUT2D eigenvalue weighted by molar-refractivity contribution is 0.827. The number of rotatable bonds is 6. The molecule has 0 fully saturated rings. The minimum atomic E-state index is 0.941. The molecule has 9 aromatic rings. The van der Waals surface area contributed by atoms with Crippen molar-refractivity contribution in [3.8, 4) is 22.3 Å². The molecule has 0 aliphatic carbocycles. The first-order chi connectivity index (χ1) is 23.8. The summed E-state index contributed by atoms with van der Waals surface area (Å²) in [6.45, 7) is 6.36. The van der Waals surface area contributed by atoms with Crippen LogP contribution in [0.15, 0.2) is 109 Å². The largest absolute Gasteiger partial charge is 0.378 e. The molecule has 0 aliphatic heterocycles. The molecular weight excluding hydrogens is 617 g/mol. The Hall–Kier alpha value is -5.26. The summed E-state index contributed by atoms with van der Waals surface area (Å²) in [7, 11) is 8.43. The van der Waals surface area contributed by atoms with Gasteiger partial charge < -0.3 is 18.9 Å². The first kappa shape index (κ1) is 29.8. The molecule has 242 valence electrons. The van der Waals surface area contributed by atoms with Crippen LogP contribution in [0.25, 0.3) is 86.0 Å². The van der Waals surface area contributed by atoms with Gasteiger partial charge in [0.05, 0.1) is 11.0 Å². The first-order valence-corrected chi connectivity index (χ1v) is 18.1. The number of thiophene rings is 1. The van der Waals surface area contributed by atoms with Crippen molar-refractivity contribution in [3.05, 3.63) is 109 Å². The van der Waals surface area contributed by atoms with Crippen molar-refractivity contribution in [2.24, 2.45) is 0 Å². The molecule has 4 nitrogen and oxygen atoms in total. The third-order valence-electron chi connectivity index (χ3n) is 10.5. The monoisotopic (exact) mass is 656 g/mol. The van der Waals surface area contributed by atoms with E-state index < -0.39 is 0 Å². The molecule has 0 unspecified atom stereocenters. The molecule has 5 heteroatoms. The van der Waals surface area contributed by atoms with E-state index in [2.05, 4.69) is 170 Å². The normalized spacial score (nSPS) is 12.0. The molecule has 3 heterocycles. The van der Waals surface area contributed by atoms with Crippen LogP contribution in [-0.4, -0.2) is 37.3 Å². The molecule has 0 radical (unpaired) electrons. The van der Waals surface area contributed by atoms with Gasteiger partial charge in [0.15, 0.2) is 0 Å². The van der Waals surface area contributed by atoms with Crippen LogP contribution in [0.4, 0.5) is 11.4 Å². The van der Waals surface area contributed by atoms with E-state index in [9.17, 15) is 0 Å². The van der Waals surface area contributed by atoms with Gasteiger partial charge in [-0.2, -0.15) is 0 Å². The van der Waals surface area contributed by atoms with E-state index in [0.29, 0.717) is 0 Å². The Bertz CT molecular complexity index is 2570. The summed E-state index contributed by atoms with van der Waals surface area (Å²) < 4.78 is 7.54. The van der Waals surface area contributed by atoms with Gasteiger partial charge in [-0.05, 0) is 109 Å². The fourth-order valence-corrected chi connectivity index (χ4v) is 8.98. The zero-order chi connectivity index (χ0) is 33.6. The number of aryl methyl sites for hydroxylation is 2. The first-order valence-electron chi connectivity index (χ1n) is 17.3. The molecular formula is C44H40N4S. The Morgan fingerprint density at radius 3 is 1.18 bits per heavy atom. The smallest absolute Gasteiger partial charge is 0.0512 e. The molecule has 6 aromatic carbocycles. The zero-order valence-corrected chi connectivity index (χ0v) is 29.8. The van der Waals surface area contributed by atoms with E-state index in [4.69, 9.17) is 0 Å². The third kappa shape index (κ3) is 4.56. The second kappa shape index (κ2) is 11.1. The van der Waals surface area contributed by atoms with Gasteiger partial charge in [0.1, 0.15) is 0 Å². The summed E-state index contributed by atoms with van der Waals surface area (Å²) in [5.74, 6) is 0. The van der Waals surface area contributed by atoms with Crippen molar-refractivity contribution in [2.75, 3.05) is 38.0 Å². The van der Waals surface area contributed by atoms with Crippen molar-refractivity contribution in [2.45, 2.75) is 26.9 Å². The Balaban J connectivity index is 1.16. The maximum absolute atomic E-state index is 2.44. The van der Waals surface area contributed by atoms with Crippen molar-refractivity contribution in [3.63, 3.8) is 0 Å². The maximum Gasteiger partial charge on any atom is 0.0512 e. The van der Waals surface area contributed by atoms with Gasteiger partial charge in [-0.1, -0.05) is 36.4 Å². The minimum absolute atomic E-state index is 0.941. The third-order valence-corrected chi connectivity index (χ3v) is 11.7. The molecule has 9 rings (SSSR count). The number of anilines is 2. The number of benzene rings is 6. The van der Waals surface area contributed by atoms with Gasteiger partial charge in [0.25, 0.3) is 0 Å². The molecule has 0 amide bonds. The number of nitrogens with zero attached hydrogens (tertiary/aromatic N) is 4. The number of hydrogen-bond acceptors (Lipinski definition) is 3. The molecule has 49 heavy (non-hydrogen) atoms. The predicted octanol–water partition coefficient (Wildman–Crippen LogP) is 11.8. The summed E-state index contributed by atoms with van der Waals surface area (Å²) in [5, 5.41) is 7.91. The highest BCUT2D eigenvalue weighted by atomic mass is 32.1. The summed E-state index contributed by atoms with van der Waals surface area (Å²) in [5.41, 5.74) is 12.7. The summed E-state index contributed by atoms with van der Waals surface area (Å²) in [4.78, 5) is 4.36. The number of hydrogen-bond donors (Lipinski definition) is 0. The molecule has 0 saturated carbocycles. The molecule has 0 bridgehead atoms. The second-order valence-corrected chi connectivity index (χ2v) is 14.8. The van der Waals surface area contributed by atoms with E-state index in [1.165, 1.54) is 97.4 Å². The van der Waals surface area contributed by atoms with E-state index >= 15 is 0 Å². The van der Waals surface area contributed by atoms with E-state index in [0.717, 1.165) is 13.1 Å². The van der Waals surface area contributed by atoms with Crippen LogP contribution in [0.3, 0.4) is 0 Å². The highest BCUT2D eigenvalue weighted by molar-refractivity contribution is 7.25. The maximum atomic E-state index is 2.44. The van der Waals surface area contributed by atoms with Crippen molar-refractivity contribution in [1.29, 1.82) is 0 Å². The van der Waals surface area contributed by atoms with Crippen LogP contribution in [0.2, 0.25) is 0 Å². The standard InChI is InChI=1S/C44H40N4S/c1-7-47-39-17-9-27(21-35(39)33-15-13-31(45(3)4)25-41(33)47)29-11-19-43-37(23-29)38-24-30(12-20-44(38)49-43)28-10-18-40-36(22-28)34-16-14-32(46(5)6)26-42(34)48(40)8-2/h9-26H,7-8H2,1-6H3. The minimum Gasteiger partial charge on any atom is -0.378 e. The van der Waals surface area contributed by atoms with Gasteiger partial charge in [-0.25, -0.2) is 0 Å². The topological polar surface area (TPSA) is 16.3 Å². The van der Waals surface area contributed by atoms with Gasteiger partial charge in [-0.3, -0.25) is 0 Å². The van der Waals surface area contributed by atoms with Crippen molar-refractivity contribution >= 4 is 86.5 Å². The Kier molecular flexibility index (Phi) is 6.79. The lowest BCUT2D eigenvalue weighted by Gasteiger charge is -2.13. The van der Waals surface area contributed by atoms with Gasteiger partial charge in [0, 0.05) is 105 Å². The summed E-state index contributed by atoms with van der Waals surface area (Å²) >= 11 is 1.88. The molecule has 0 N–H and O–H groups in total. The van der Waals surface area contributed by atoms with Gasteiger partial charge in [-0.15, -0.1) is 11.3 Å². The fourth-order valence-electron chi connectivity index (χ4n) is 7.91. The Morgan fingerprint density at radius 2 is 0.796 bits per heavy atom. The van der Waals surface area contributed by atoms with Gasteiger partial charge >= 0.3 is 0 Å². The second-order valence-electron chi connectivity index (χ2n) is 13.7. The van der Waals surface area contributed by atoms with Crippen LogP contribution in [-0.2, 0) is 13.1 Å². The van der Waals surface area contributed by atoms with Crippen LogP contribution in [0.5, 0.6) is 0 Å². The summed E-state index contributed by atoms with van der Waals surface area (Å²) in [6, 6.07) is 41.7. The highest BCUT2D eigenvalue weighted by Gasteiger charge is 2.16. The quantitative estimate of drug-likeness (QED) is 0.177. The SMILES string of the molecule is CCn1c2ccc(-c3ccc4sc5ccc(-c6ccc7c(c6)c6ccc(N(C)C)cc6n7CC)cc5c4c3)cc2c2ccc(N(C)C)cc21. The predicted molar refractivity (Wildman–Crippen MR) is 216 cm³/mol. The molecule has 3 aromatic heterocycles. The number of fused-ring (bicyclic) bond motifs is 9. The van der Waals surface area contributed by atoms with Crippen molar-refractivity contribution < 1.29 is 0 Å². The van der Waals surface area contributed by atoms with Crippen molar-refractivity contribution in [1.82, 2.24) is 9.13 Å². The van der Waals surface area contributed by atoms with E-state index in [1.54, 1.807) is 0 Å². The Labute approximate surface area is 291 Å². The zero-order valence-electron chi connectivity index (χ0n) is 29.0. The lowest BCUT2D eigenvalue weighted by atomic mass is 9.98. The van der Waals surface area contributed by atoms with E-state index in [1.807, 2.05) is 11.3 Å². The van der Waals surface area contributed by atoms with Crippen LogP contribution in [0, 0.1) is 0 Å². The van der Waals surface area contributed by atoms with Crippen LogP contribution >= 0.6 is 11.3 Å².